The number of amidine groups is 1. The molecule has 2 aromatic rings. The summed E-state index contributed by atoms with van der Waals surface area (Å²) in [5.74, 6) is -0.283. The van der Waals surface area contributed by atoms with Gasteiger partial charge in [-0.15, -0.1) is 0 Å². The third-order valence-corrected chi connectivity index (χ3v) is 2.81. The molecule has 0 bridgehead atoms. The largest absolute Gasteiger partial charge is 0.488 e. The first kappa shape index (κ1) is 14.1. The molecule has 1 aromatic carbocycles. The van der Waals surface area contributed by atoms with Crippen molar-refractivity contribution < 1.29 is 14.3 Å². The lowest BCUT2D eigenvalue weighted by Gasteiger charge is -2.11. The van der Waals surface area contributed by atoms with Crippen LogP contribution in [0.5, 0.6) is 5.75 Å². The van der Waals surface area contributed by atoms with Gasteiger partial charge < -0.3 is 15.7 Å². The van der Waals surface area contributed by atoms with Crippen LogP contribution in [0.4, 0.5) is 4.39 Å². The summed E-state index contributed by atoms with van der Waals surface area (Å²) in [6.45, 7) is 0.0802. The van der Waals surface area contributed by atoms with Gasteiger partial charge in [-0.2, -0.15) is 0 Å². The van der Waals surface area contributed by atoms with E-state index < -0.39 is 5.82 Å². The van der Waals surface area contributed by atoms with Crippen molar-refractivity contribution in [3.63, 3.8) is 0 Å². The van der Waals surface area contributed by atoms with Crippen LogP contribution in [0.2, 0.25) is 5.02 Å². The first-order chi connectivity index (χ1) is 9.61. The standard InChI is InChI=1S/C13H11ClFN3O2/c14-10-2-1-3-11(12(10)13(16)18-19)20-7-8-4-9(15)6-17-5-8/h1-6,19H,7H2,(H2,16,18). The zero-order chi connectivity index (χ0) is 14.5. The van der Waals surface area contributed by atoms with Crippen molar-refractivity contribution in [2.75, 3.05) is 0 Å². The lowest BCUT2D eigenvalue weighted by atomic mass is 10.2. The number of hydrogen-bond donors (Lipinski definition) is 2. The fraction of sp³-hybridized carbons (Fsp3) is 0.0769. The topological polar surface area (TPSA) is 80.7 Å². The molecule has 2 rings (SSSR count). The molecule has 0 saturated heterocycles. The molecule has 0 aliphatic carbocycles. The second-order valence-corrected chi connectivity index (χ2v) is 4.31. The summed E-state index contributed by atoms with van der Waals surface area (Å²) >= 11 is 5.99. The van der Waals surface area contributed by atoms with Crippen LogP contribution in [0.1, 0.15) is 11.1 Å². The quantitative estimate of drug-likeness (QED) is 0.393. The van der Waals surface area contributed by atoms with Crippen molar-refractivity contribution in [1.82, 2.24) is 4.98 Å². The smallest absolute Gasteiger partial charge is 0.175 e. The Hall–Kier alpha value is -2.34. The van der Waals surface area contributed by atoms with Crippen LogP contribution in [-0.4, -0.2) is 16.0 Å². The Balaban J connectivity index is 2.24. The Kier molecular flexibility index (Phi) is 4.37. The Bertz CT molecular complexity index is 649. The summed E-state index contributed by atoms with van der Waals surface area (Å²) < 4.78 is 18.5. The van der Waals surface area contributed by atoms with Crippen molar-refractivity contribution in [2.24, 2.45) is 10.9 Å². The second-order valence-electron chi connectivity index (χ2n) is 3.90. The molecule has 5 nitrogen and oxygen atoms in total. The summed E-state index contributed by atoms with van der Waals surface area (Å²) in [7, 11) is 0. The van der Waals surface area contributed by atoms with Gasteiger partial charge in [-0.1, -0.05) is 22.8 Å². The molecule has 0 amide bonds. The molecule has 3 N–H and O–H groups in total. The molecule has 0 fully saturated rings. The maximum Gasteiger partial charge on any atom is 0.175 e. The Morgan fingerprint density at radius 2 is 2.25 bits per heavy atom. The first-order valence-electron chi connectivity index (χ1n) is 5.60. The molecule has 1 aromatic heterocycles. The number of nitrogens with two attached hydrogens (primary N) is 1. The molecule has 0 saturated carbocycles. The van der Waals surface area contributed by atoms with E-state index >= 15 is 0 Å². The van der Waals surface area contributed by atoms with Crippen molar-refractivity contribution in [3.8, 4) is 5.75 Å². The van der Waals surface area contributed by atoms with Gasteiger partial charge in [-0.25, -0.2) is 4.39 Å². The third-order valence-electron chi connectivity index (χ3n) is 2.50. The summed E-state index contributed by atoms with van der Waals surface area (Å²) in [5.41, 5.74) is 6.38. The molecule has 0 atom stereocenters. The highest BCUT2D eigenvalue weighted by molar-refractivity contribution is 6.34. The summed E-state index contributed by atoms with van der Waals surface area (Å²) in [6, 6.07) is 6.17. The normalized spacial score (nSPS) is 11.4. The molecule has 1 heterocycles. The fourth-order valence-electron chi connectivity index (χ4n) is 1.62. The number of rotatable bonds is 4. The van der Waals surface area contributed by atoms with Crippen LogP contribution in [0, 0.1) is 5.82 Å². The van der Waals surface area contributed by atoms with Gasteiger partial charge in [0.25, 0.3) is 0 Å². The lowest BCUT2D eigenvalue weighted by molar-refractivity contribution is 0.302. The Morgan fingerprint density at radius 1 is 1.45 bits per heavy atom. The zero-order valence-electron chi connectivity index (χ0n) is 10.3. The van der Waals surface area contributed by atoms with E-state index in [2.05, 4.69) is 10.1 Å². The van der Waals surface area contributed by atoms with E-state index in [1.54, 1.807) is 18.2 Å². The predicted molar refractivity (Wildman–Crippen MR) is 72.5 cm³/mol. The number of pyridine rings is 1. The van der Waals surface area contributed by atoms with E-state index in [-0.39, 0.29) is 23.0 Å². The molecular weight excluding hydrogens is 285 g/mol. The van der Waals surface area contributed by atoms with E-state index in [0.717, 1.165) is 6.20 Å². The van der Waals surface area contributed by atoms with E-state index in [4.69, 9.17) is 27.3 Å². The molecule has 0 radical (unpaired) electrons. The number of benzene rings is 1. The minimum atomic E-state index is -0.450. The number of hydrogen-bond acceptors (Lipinski definition) is 4. The van der Waals surface area contributed by atoms with Crippen LogP contribution in [0.15, 0.2) is 41.8 Å². The summed E-state index contributed by atoms with van der Waals surface area (Å²) in [5, 5.41) is 11.9. The maximum atomic E-state index is 13.0. The van der Waals surface area contributed by atoms with Crippen molar-refractivity contribution >= 4 is 17.4 Å². The molecule has 0 aliphatic heterocycles. The monoisotopic (exact) mass is 295 g/mol. The van der Waals surface area contributed by atoms with Crippen LogP contribution < -0.4 is 10.5 Å². The van der Waals surface area contributed by atoms with Gasteiger partial charge in [0.2, 0.25) is 0 Å². The van der Waals surface area contributed by atoms with Crippen LogP contribution in [-0.2, 0) is 6.61 Å². The molecule has 20 heavy (non-hydrogen) atoms. The molecule has 104 valence electrons. The zero-order valence-corrected chi connectivity index (χ0v) is 11.0. The van der Waals surface area contributed by atoms with Crippen molar-refractivity contribution in [1.29, 1.82) is 0 Å². The van der Waals surface area contributed by atoms with Gasteiger partial charge in [-0.3, -0.25) is 4.98 Å². The number of oxime groups is 1. The van der Waals surface area contributed by atoms with Gasteiger partial charge in [0.1, 0.15) is 18.2 Å². The average Bonchev–Trinajstić information content (AvgIpc) is 2.44. The highest BCUT2D eigenvalue weighted by Gasteiger charge is 2.13. The minimum absolute atomic E-state index is 0.0802. The molecule has 7 heteroatoms. The van der Waals surface area contributed by atoms with E-state index in [1.165, 1.54) is 12.3 Å². The van der Waals surface area contributed by atoms with Gasteiger partial charge in [-0.05, 0) is 18.2 Å². The Labute approximate surface area is 119 Å². The van der Waals surface area contributed by atoms with Gasteiger partial charge in [0.05, 0.1) is 16.8 Å². The summed E-state index contributed by atoms with van der Waals surface area (Å²) in [4.78, 5) is 3.72. The molecule has 0 aliphatic rings. The lowest BCUT2D eigenvalue weighted by Crippen LogP contribution is -2.15. The molecule has 0 spiro atoms. The highest BCUT2D eigenvalue weighted by Crippen LogP contribution is 2.26. The summed E-state index contributed by atoms with van der Waals surface area (Å²) in [6.07, 6.45) is 2.58. The first-order valence-corrected chi connectivity index (χ1v) is 5.98. The van der Waals surface area contributed by atoms with Crippen LogP contribution >= 0.6 is 11.6 Å². The third kappa shape index (κ3) is 3.16. The van der Waals surface area contributed by atoms with E-state index in [9.17, 15) is 4.39 Å². The number of aromatic nitrogens is 1. The molecule has 0 unspecified atom stereocenters. The van der Waals surface area contributed by atoms with Gasteiger partial charge in [0.15, 0.2) is 5.84 Å². The highest BCUT2D eigenvalue weighted by atomic mass is 35.5. The number of nitrogens with zero attached hydrogens (tertiary/aromatic N) is 2. The second kappa shape index (κ2) is 6.21. The number of ether oxygens (including phenoxy) is 1. The average molecular weight is 296 g/mol. The minimum Gasteiger partial charge on any atom is -0.488 e. The van der Waals surface area contributed by atoms with Crippen LogP contribution in [0.25, 0.3) is 0 Å². The van der Waals surface area contributed by atoms with E-state index in [1.807, 2.05) is 0 Å². The number of halogens is 2. The van der Waals surface area contributed by atoms with E-state index in [0.29, 0.717) is 11.3 Å². The maximum absolute atomic E-state index is 13.0. The van der Waals surface area contributed by atoms with Gasteiger partial charge >= 0.3 is 0 Å². The van der Waals surface area contributed by atoms with Crippen molar-refractivity contribution in [3.05, 3.63) is 58.6 Å². The Morgan fingerprint density at radius 3 is 2.95 bits per heavy atom. The fourth-order valence-corrected chi connectivity index (χ4v) is 1.88. The predicted octanol–water partition coefficient (Wildman–Crippen LogP) is 2.55. The van der Waals surface area contributed by atoms with Gasteiger partial charge in [0, 0.05) is 11.8 Å². The van der Waals surface area contributed by atoms with Crippen LogP contribution in [0.3, 0.4) is 0 Å². The molecular formula is C13H11ClFN3O2. The SMILES string of the molecule is N/C(=N/O)c1c(Cl)cccc1OCc1cncc(F)c1. The van der Waals surface area contributed by atoms with Crippen molar-refractivity contribution in [2.45, 2.75) is 6.61 Å².